The van der Waals surface area contributed by atoms with E-state index in [0.29, 0.717) is 24.9 Å². The molecular formula is C13H20N2O3S. The summed E-state index contributed by atoms with van der Waals surface area (Å²) in [5.74, 6) is 0.688. The Morgan fingerprint density at radius 1 is 1.26 bits per heavy atom. The summed E-state index contributed by atoms with van der Waals surface area (Å²) < 4.78 is 31.4. The first-order valence-electron chi connectivity index (χ1n) is 6.58. The van der Waals surface area contributed by atoms with E-state index in [1.807, 2.05) is 0 Å². The van der Waals surface area contributed by atoms with Crippen LogP contribution >= 0.6 is 0 Å². The summed E-state index contributed by atoms with van der Waals surface area (Å²) in [7, 11) is -3.37. The quantitative estimate of drug-likeness (QED) is 0.702. The van der Waals surface area contributed by atoms with Gasteiger partial charge in [0.05, 0.1) is 4.90 Å². The first-order valence-corrected chi connectivity index (χ1v) is 8.06. The third-order valence-electron chi connectivity index (χ3n) is 2.85. The van der Waals surface area contributed by atoms with E-state index in [1.54, 1.807) is 31.2 Å². The van der Waals surface area contributed by atoms with Crippen molar-refractivity contribution in [2.45, 2.75) is 30.7 Å². The van der Waals surface area contributed by atoms with Gasteiger partial charge in [0.1, 0.15) is 12.4 Å². The maximum atomic E-state index is 11.7. The fourth-order valence-corrected chi connectivity index (χ4v) is 2.75. The molecule has 0 amide bonds. The molecule has 0 bridgehead atoms. The van der Waals surface area contributed by atoms with Crippen LogP contribution < -0.4 is 14.8 Å². The van der Waals surface area contributed by atoms with Crippen molar-refractivity contribution in [3.63, 3.8) is 0 Å². The summed E-state index contributed by atoms with van der Waals surface area (Å²) in [6.45, 7) is 3.55. The Bertz CT molecular complexity index is 495. The molecule has 0 spiro atoms. The van der Waals surface area contributed by atoms with Crippen LogP contribution in [0.15, 0.2) is 29.2 Å². The Morgan fingerprint density at radius 3 is 2.53 bits per heavy atom. The highest BCUT2D eigenvalue weighted by molar-refractivity contribution is 7.89. The van der Waals surface area contributed by atoms with E-state index in [-0.39, 0.29) is 4.90 Å². The van der Waals surface area contributed by atoms with Crippen LogP contribution in [-0.4, -0.2) is 34.2 Å². The van der Waals surface area contributed by atoms with Gasteiger partial charge in [-0.1, -0.05) is 6.92 Å². The average molecular weight is 284 g/mol. The zero-order valence-corrected chi connectivity index (χ0v) is 11.9. The summed E-state index contributed by atoms with van der Waals surface area (Å²) in [6, 6.07) is 7.16. The second-order valence-corrected chi connectivity index (χ2v) is 6.32. The van der Waals surface area contributed by atoms with Crippen molar-refractivity contribution in [2.75, 3.05) is 19.7 Å². The maximum absolute atomic E-state index is 11.7. The standard InChI is InChI=1S/C13H20N2O3S/c1-2-15-19(16,17)13-7-5-12(6-8-13)18-10-9-14-11-3-4-11/h5-8,11,14-15H,2-4,9-10H2,1H3. The summed E-state index contributed by atoms with van der Waals surface area (Å²) >= 11 is 0. The van der Waals surface area contributed by atoms with Crippen LogP contribution in [0.3, 0.4) is 0 Å². The van der Waals surface area contributed by atoms with Gasteiger partial charge < -0.3 is 10.1 Å². The van der Waals surface area contributed by atoms with Crippen LogP contribution in [0.25, 0.3) is 0 Å². The van der Waals surface area contributed by atoms with Crippen LogP contribution in [-0.2, 0) is 10.0 Å². The van der Waals surface area contributed by atoms with Crippen LogP contribution in [0.5, 0.6) is 5.75 Å². The molecule has 0 aliphatic heterocycles. The van der Waals surface area contributed by atoms with Crippen molar-refractivity contribution in [1.82, 2.24) is 10.0 Å². The minimum Gasteiger partial charge on any atom is -0.492 e. The van der Waals surface area contributed by atoms with E-state index in [9.17, 15) is 8.42 Å². The fraction of sp³-hybridized carbons (Fsp3) is 0.538. The zero-order valence-electron chi connectivity index (χ0n) is 11.1. The lowest BCUT2D eigenvalue weighted by Gasteiger charge is -2.08. The predicted octanol–water partition coefficient (Wildman–Crippen LogP) is 1.12. The van der Waals surface area contributed by atoms with Gasteiger partial charge >= 0.3 is 0 Å². The van der Waals surface area contributed by atoms with E-state index in [0.717, 1.165) is 6.54 Å². The highest BCUT2D eigenvalue weighted by Crippen LogP contribution is 2.18. The molecule has 0 heterocycles. The van der Waals surface area contributed by atoms with E-state index >= 15 is 0 Å². The number of rotatable bonds is 8. The van der Waals surface area contributed by atoms with Crippen molar-refractivity contribution >= 4 is 10.0 Å². The molecule has 1 aromatic rings. The molecule has 6 heteroatoms. The molecular weight excluding hydrogens is 264 g/mol. The second kappa shape index (κ2) is 6.36. The van der Waals surface area contributed by atoms with Crippen molar-refractivity contribution in [3.05, 3.63) is 24.3 Å². The lowest BCUT2D eigenvalue weighted by Crippen LogP contribution is -2.23. The Balaban J connectivity index is 1.83. The van der Waals surface area contributed by atoms with Crippen molar-refractivity contribution in [1.29, 1.82) is 0 Å². The van der Waals surface area contributed by atoms with Gasteiger partial charge in [-0.15, -0.1) is 0 Å². The molecule has 1 aliphatic rings. The van der Waals surface area contributed by atoms with Crippen LogP contribution in [0.4, 0.5) is 0 Å². The Morgan fingerprint density at radius 2 is 1.95 bits per heavy atom. The Labute approximate surface area is 114 Å². The molecule has 1 aliphatic carbocycles. The molecule has 0 atom stereocenters. The first kappa shape index (κ1) is 14.3. The van der Waals surface area contributed by atoms with Crippen LogP contribution in [0, 0.1) is 0 Å². The number of nitrogens with one attached hydrogen (secondary N) is 2. The Hall–Kier alpha value is -1.11. The van der Waals surface area contributed by atoms with Gasteiger partial charge in [-0.3, -0.25) is 0 Å². The number of hydrogen-bond acceptors (Lipinski definition) is 4. The monoisotopic (exact) mass is 284 g/mol. The lowest BCUT2D eigenvalue weighted by atomic mass is 10.3. The smallest absolute Gasteiger partial charge is 0.240 e. The van der Waals surface area contributed by atoms with Gasteiger partial charge in [0.2, 0.25) is 10.0 Å². The molecule has 0 unspecified atom stereocenters. The highest BCUT2D eigenvalue weighted by Gasteiger charge is 2.19. The van der Waals surface area contributed by atoms with Gasteiger partial charge in [0, 0.05) is 19.1 Å². The predicted molar refractivity (Wildman–Crippen MR) is 73.8 cm³/mol. The normalized spacial score (nSPS) is 15.4. The number of hydrogen-bond donors (Lipinski definition) is 2. The summed E-state index contributed by atoms with van der Waals surface area (Å²) in [5, 5.41) is 3.35. The van der Waals surface area contributed by atoms with E-state index in [4.69, 9.17) is 4.74 Å². The number of sulfonamides is 1. The molecule has 0 radical (unpaired) electrons. The van der Waals surface area contributed by atoms with E-state index in [1.165, 1.54) is 12.8 Å². The third kappa shape index (κ3) is 4.49. The van der Waals surface area contributed by atoms with Gasteiger partial charge in [0.15, 0.2) is 0 Å². The summed E-state index contributed by atoms with van der Waals surface area (Å²) in [5.41, 5.74) is 0. The van der Waals surface area contributed by atoms with Gasteiger partial charge in [0.25, 0.3) is 0 Å². The molecule has 1 aromatic carbocycles. The van der Waals surface area contributed by atoms with E-state index < -0.39 is 10.0 Å². The first-order chi connectivity index (χ1) is 9.12. The summed E-state index contributed by atoms with van der Waals surface area (Å²) in [6.07, 6.45) is 2.52. The molecule has 2 rings (SSSR count). The second-order valence-electron chi connectivity index (χ2n) is 4.55. The molecule has 0 saturated heterocycles. The van der Waals surface area contributed by atoms with E-state index in [2.05, 4.69) is 10.0 Å². The Kier molecular flexibility index (Phi) is 4.79. The number of benzene rings is 1. The number of ether oxygens (including phenoxy) is 1. The van der Waals surface area contributed by atoms with Crippen molar-refractivity contribution in [2.24, 2.45) is 0 Å². The zero-order chi connectivity index (χ0) is 13.7. The average Bonchev–Trinajstić information content (AvgIpc) is 3.19. The van der Waals surface area contributed by atoms with Gasteiger partial charge in [-0.05, 0) is 37.1 Å². The minimum atomic E-state index is -3.37. The van der Waals surface area contributed by atoms with Crippen molar-refractivity contribution in [3.8, 4) is 5.75 Å². The lowest BCUT2D eigenvalue weighted by molar-refractivity contribution is 0.313. The molecule has 106 valence electrons. The van der Waals surface area contributed by atoms with Crippen LogP contribution in [0.1, 0.15) is 19.8 Å². The molecule has 1 fully saturated rings. The van der Waals surface area contributed by atoms with Gasteiger partial charge in [-0.2, -0.15) is 0 Å². The van der Waals surface area contributed by atoms with Crippen LogP contribution in [0.2, 0.25) is 0 Å². The van der Waals surface area contributed by atoms with Crippen molar-refractivity contribution < 1.29 is 13.2 Å². The maximum Gasteiger partial charge on any atom is 0.240 e. The highest BCUT2D eigenvalue weighted by atomic mass is 32.2. The molecule has 0 aromatic heterocycles. The minimum absolute atomic E-state index is 0.262. The molecule has 1 saturated carbocycles. The molecule has 19 heavy (non-hydrogen) atoms. The molecule has 2 N–H and O–H groups in total. The van der Waals surface area contributed by atoms with Gasteiger partial charge in [-0.25, -0.2) is 13.1 Å². The molecule has 5 nitrogen and oxygen atoms in total. The fourth-order valence-electron chi connectivity index (χ4n) is 1.71. The SMILES string of the molecule is CCNS(=O)(=O)c1ccc(OCCNC2CC2)cc1. The summed E-state index contributed by atoms with van der Waals surface area (Å²) in [4.78, 5) is 0.262. The topological polar surface area (TPSA) is 67.4 Å². The third-order valence-corrected chi connectivity index (χ3v) is 4.41. The largest absolute Gasteiger partial charge is 0.492 e.